The molecular formula is C22H27FN4O2. The number of hydrogen-bond acceptors (Lipinski definition) is 5. The monoisotopic (exact) mass is 398 g/mol. The van der Waals surface area contributed by atoms with Crippen molar-refractivity contribution in [1.29, 1.82) is 5.26 Å². The molecule has 2 heterocycles. The Morgan fingerprint density at radius 2 is 2.14 bits per heavy atom. The third-order valence-electron chi connectivity index (χ3n) is 5.06. The average molecular weight is 398 g/mol. The number of benzene rings is 1. The van der Waals surface area contributed by atoms with Gasteiger partial charge in [0.25, 0.3) is 5.56 Å². The molecule has 0 amide bonds. The number of aromatic nitrogens is 2. The number of rotatable bonds is 5. The van der Waals surface area contributed by atoms with Gasteiger partial charge in [-0.3, -0.25) is 9.36 Å². The van der Waals surface area contributed by atoms with Crippen molar-refractivity contribution in [1.82, 2.24) is 9.55 Å². The van der Waals surface area contributed by atoms with Gasteiger partial charge in [0.2, 0.25) is 11.7 Å². The first-order valence-corrected chi connectivity index (χ1v) is 9.90. The fraction of sp³-hybridized carbons (Fsp3) is 0.500. The normalized spacial score (nSPS) is 16.0. The zero-order valence-corrected chi connectivity index (χ0v) is 17.4. The minimum atomic E-state index is -0.449. The maximum atomic E-state index is 13.8. The largest absolute Gasteiger partial charge is 0.484 e. The lowest BCUT2D eigenvalue weighted by Crippen LogP contribution is -2.43. The highest BCUT2D eigenvalue weighted by Crippen LogP contribution is 2.31. The van der Waals surface area contributed by atoms with Crippen LogP contribution in [0.1, 0.15) is 51.7 Å². The third kappa shape index (κ3) is 4.76. The standard InChI is InChI=1S/C22H27FN4O2/c1-15(2)29-19-12-25-21(26-9-5-8-22(3,4)14-26)27(20(19)28)13-17-10-18(23)7-6-16(17)11-24/h6-7,10,12,15H,5,8-9,13-14H2,1-4H3. The highest BCUT2D eigenvalue weighted by Gasteiger charge is 2.29. The number of piperidine rings is 1. The van der Waals surface area contributed by atoms with Crippen molar-refractivity contribution in [2.45, 2.75) is 53.2 Å². The molecule has 1 aromatic heterocycles. The van der Waals surface area contributed by atoms with Crippen LogP contribution in [-0.4, -0.2) is 28.7 Å². The van der Waals surface area contributed by atoms with Gasteiger partial charge >= 0.3 is 0 Å². The maximum Gasteiger partial charge on any atom is 0.297 e. The summed E-state index contributed by atoms with van der Waals surface area (Å²) in [6.45, 7) is 9.66. The zero-order valence-electron chi connectivity index (χ0n) is 17.4. The van der Waals surface area contributed by atoms with Crippen LogP contribution in [0.5, 0.6) is 5.75 Å². The fourth-order valence-corrected chi connectivity index (χ4v) is 3.76. The molecule has 0 unspecified atom stereocenters. The molecule has 0 atom stereocenters. The molecule has 0 bridgehead atoms. The van der Waals surface area contributed by atoms with Gasteiger partial charge in [-0.25, -0.2) is 9.37 Å². The van der Waals surface area contributed by atoms with E-state index in [0.29, 0.717) is 17.1 Å². The van der Waals surface area contributed by atoms with Crippen LogP contribution in [-0.2, 0) is 6.54 Å². The van der Waals surface area contributed by atoms with E-state index in [-0.39, 0.29) is 29.4 Å². The van der Waals surface area contributed by atoms with Crippen LogP contribution in [0.3, 0.4) is 0 Å². The van der Waals surface area contributed by atoms with Crippen molar-refractivity contribution in [3.05, 3.63) is 51.7 Å². The molecular weight excluding hydrogens is 371 g/mol. The minimum absolute atomic E-state index is 0.0496. The number of hydrogen-bond donors (Lipinski definition) is 0. The SMILES string of the molecule is CC(C)Oc1cnc(N2CCCC(C)(C)C2)n(Cc2cc(F)ccc2C#N)c1=O. The first-order valence-electron chi connectivity index (χ1n) is 9.90. The van der Waals surface area contributed by atoms with Gasteiger partial charge in [-0.1, -0.05) is 13.8 Å². The van der Waals surface area contributed by atoms with Crippen molar-refractivity contribution in [2.75, 3.05) is 18.0 Å². The number of ether oxygens (including phenoxy) is 1. The smallest absolute Gasteiger partial charge is 0.297 e. The van der Waals surface area contributed by atoms with E-state index in [1.807, 2.05) is 13.8 Å². The first kappa shape index (κ1) is 20.8. The molecule has 154 valence electrons. The van der Waals surface area contributed by atoms with E-state index in [2.05, 4.69) is 29.8 Å². The van der Waals surface area contributed by atoms with E-state index in [1.165, 1.54) is 29.0 Å². The van der Waals surface area contributed by atoms with Gasteiger partial charge in [-0.05, 0) is 55.9 Å². The Morgan fingerprint density at radius 3 is 2.79 bits per heavy atom. The molecule has 2 aromatic rings. The zero-order chi connectivity index (χ0) is 21.2. The molecule has 0 radical (unpaired) electrons. The Labute approximate surface area is 170 Å². The number of anilines is 1. The molecule has 1 fully saturated rings. The van der Waals surface area contributed by atoms with Gasteiger partial charge in [0, 0.05) is 13.1 Å². The van der Waals surface area contributed by atoms with Crippen molar-refractivity contribution < 1.29 is 9.13 Å². The summed E-state index contributed by atoms with van der Waals surface area (Å²) < 4.78 is 21.0. The second-order valence-corrected chi connectivity index (χ2v) is 8.58. The van der Waals surface area contributed by atoms with E-state index >= 15 is 0 Å². The summed E-state index contributed by atoms with van der Waals surface area (Å²) in [6.07, 6.45) is 3.38. The van der Waals surface area contributed by atoms with Crippen LogP contribution in [0.2, 0.25) is 0 Å². The predicted octanol–water partition coefficient (Wildman–Crippen LogP) is 3.72. The van der Waals surface area contributed by atoms with Crippen LogP contribution in [0, 0.1) is 22.6 Å². The molecule has 1 saturated heterocycles. The molecule has 7 heteroatoms. The Bertz CT molecular complexity index is 991. The molecule has 6 nitrogen and oxygen atoms in total. The summed E-state index contributed by atoms with van der Waals surface area (Å²) in [6, 6.07) is 6.05. The van der Waals surface area contributed by atoms with E-state index in [9.17, 15) is 14.4 Å². The summed E-state index contributed by atoms with van der Waals surface area (Å²) in [7, 11) is 0. The number of halogens is 1. The molecule has 0 saturated carbocycles. The average Bonchev–Trinajstić information content (AvgIpc) is 2.64. The molecule has 1 aromatic carbocycles. The summed E-state index contributed by atoms with van der Waals surface area (Å²) >= 11 is 0. The third-order valence-corrected chi connectivity index (χ3v) is 5.06. The van der Waals surface area contributed by atoms with Crippen molar-refractivity contribution in [3.8, 4) is 11.8 Å². The van der Waals surface area contributed by atoms with E-state index in [0.717, 1.165) is 25.9 Å². The number of nitrogens with zero attached hydrogens (tertiary/aromatic N) is 4. The van der Waals surface area contributed by atoms with Crippen molar-refractivity contribution in [2.24, 2.45) is 5.41 Å². The van der Waals surface area contributed by atoms with Crippen LogP contribution >= 0.6 is 0 Å². The van der Waals surface area contributed by atoms with Crippen LogP contribution < -0.4 is 15.2 Å². The van der Waals surface area contributed by atoms with E-state index < -0.39 is 5.82 Å². The Morgan fingerprint density at radius 1 is 1.38 bits per heavy atom. The summed E-state index contributed by atoms with van der Waals surface area (Å²) in [5, 5.41) is 9.41. The van der Waals surface area contributed by atoms with Gasteiger partial charge < -0.3 is 9.64 Å². The predicted molar refractivity (Wildman–Crippen MR) is 110 cm³/mol. The molecule has 29 heavy (non-hydrogen) atoms. The molecule has 3 rings (SSSR count). The molecule has 1 aliphatic heterocycles. The van der Waals surface area contributed by atoms with Crippen LogP contribution in [0.4, 0.5) is 10.3 Å². The minimum Gasteiger partial charge on any atom is -0.484 e. The second kappa shape index (κ2) is 8.24. The lowest BCUT2D eigenvalue weighted by Gasteiger charge is -2.39. The van der Waals surface area contributed by atoms with E-state index in [4.69, 9.17) is 4.74 Å². The van der Waals surface area contributed by atoms with Gasteiger partial charge in [0.15, 0.2) is 0 Å². The summed E-state index contributed by atoms with van der Waals surface area (Å²) in [5.74, 6) is 0.220. The van der Waals surface area contributed by atoms with E-state index in [1.54, 1.807) is 0 Å². The molecule has 0 spiro atoms. The highest BCUT2D eigenvalue weighted by molar-refractivity contribution is 5.41. The Hall–Kier alpha value is -2.88. The van der Waals surface area contributed by atoms with Crippen LogP contribution in [0.15, 0.2) is 29.2 Å². The molecule has 1 aliphatic rings. The Kier molecular flexibility index (Phi) is 5.92. The topological polar surface area (TPSA) is 71.2 Å². The second-order valence-electron chi connectivity index (χ2n) is 8.58. The maximum absolute atomic E-state index is 13.8. The fourth-order valence-electron chi connectivity index (χ4n) is 3.76. The Balaban J connectivity index is 2.10. The summed E-state index contributed by atoms with van der Waals surface area (Å²) in [4.78, 5) is 19.8. The van der Waals surface area contributed by atoms with Crippen LogP contribution in [0.25, 0.3) is 0 Å². The summed E-state index contributed by atoms with van der Waals surface area (Å²) in [5.41, 5.74) is 0.541. The van der Waals surface area contributed by atoms with Crippen molar-refractivity contribution in [3.63, 3.8) is 0 Å². The lowest BCUT2D eigenvalue weighted by molar-refractivity contribution is 0.235. The highest BCUT2D eigenvalue weighted by atomic mass is 19.1. The lowest BCUT2D eigenvalue weighted by atomic mass is 9.84. The molecule has 0 aliphatic carbocycles. The first-order chi connectivity index (χ1) is 13.7. The van der Waals surface area contributed by atoms with Crippen molar-refractivity contribution >= 4 is 5.95 Å². The van der Waals surface area contributed by atoms with Gasteiger partial charge in [0.1, 0.15) is 5.82 Å². The van der Waals surface area contributed by atoms with Gasteiger partial charge in [0.05, 0.1) is 30.5 Å². The van der Waals surface area contributed by atoms with Gasteiger partial charge in [-0.2, -0.15) is 5.26 Å². The molecule has 0 N–H and O–H groups in total. The number of nitriles is 1. The quantitative estimate of drug-likeness (QED) is 0.768. The van der Waals surface area contributed by atoms with Gasteiger partial charge in [-0.15, -0.1) is 0 Å².